The molecule has 33 heavy (non-hydrogen) atoms. The van der Waals surface area contributed by atoms with Gasteiger partial charge in [-0.3, -0.25) is 9.52 Å². The number of benzene rings is 2. The van der Waals surface area contributed by atoms with Crippen LogP contribution in [-0.4, -0.2) is 66.5 Å². The number of nitrogens with one attached hydrogen (secondary N) is 1. The second kappa shape index (κ2) is 9.48. The molecule has 1 aliphatic heterocycles. The molecular weight excluding hydrogens is 468 g/mol. The second-order valence-corrected chi connectivity index (χ2v) is 9.65. The summed E-state index contributed by atoms with van der Waals surface area (Å²) in [7, 11) is -2.38. The van der Waals surface area contributed by atoms with Crippen LogP contribution in [0.1, 0.15) is 5.56 Å². The Labute approximate surface area is 196 Å². The number of rotatable bonds is 7. The summed E-state index contributed by atoms with van der Waals surface area (Å²) in [5.41, 5.74) is 7.85. The lowest BCUT2D eigenvalue weighted by atomic mass is 10.1. The zero-order chi connectivity index (χ0) is 23.6. The Bertz CT molecular complexity index is 1270. The van der Waals surface area contributed by atoms with Gasteiger partial charge in [0, 0.05) is 42.7 Å². The largest absolute Gasteiger partial charge is 0.383 e. The second-order valence-electron chi connectivity index (χ2n) is 7.54. The highest BCUT2D eigenvalue weighted by Crippen LogP contribution is 2.22. The van der Waals surface area contributed by atoms with Crippen LogP contribution in [0.4, 0.5) is 11.5 Å². The quantitative estimate of drug-likeness (QED) is 0.517. The Balaban J connectivity index is 1.43. The van der Waals surface area contributed by atoms with E-state index in [1.54, 1.807) is 29.2 Å². The molecule has 1 fully saturated rings. The fourth-order valence-corrected chi connectivity index (χ4v) is 4.97. The van der Waals surface area contributed by atoms with Gasteiger partial charge in [0.05, 0.1) is 12.1 Å². The standard InChI is InChI=1S/C21H23ClN6O4S/c1-32-20(11-14-2-7-17-18(10-14)24-13-25-21(17)23)28-9-8-27(12-19(28)29)33(30,31)26-16-5-3-15(22)4-6-16/h2-7,10,13,20,26H,8-9,11-12H2,1H3,(H2,23,24,25). The Morgan fingerprint density at radius 3 is 2.64 bits per heavy atom. The minimum absolute atomic E-state index is 0.135. The Morgan fingerprint density at radius 1 is 1.18 bits per heavy atom. The molecule has 0 aliphatic carbocycles. The highest BCUT2D eigenvalue weighted by atomic mass is 35.5. The summed E-state index contributed by atoms with van der Waals surface area (Å²) < 4.78 is 34.6. The number of aromatic nitrogens is 2. The van der Waals surface area contributed by atoms with Gasteiger partial charge in [0.15, 0.2) is 0 Å². The SMILES string of the molecule is COC(Cc1ccc2c(N)ncnc2c1)N1CCN(S(=O)(=O)Nc2ccc(Cl)cc2)CC1=O. The molecule has 10 nitrogen and oxygen atoms in total. The van der Waals surface area contributed by atoms with Gasteiger partial charge in [-0.2, -0.15) is 12.7 Å². The zero-order valence-corrected chi connectivity index (χ0v) is 19.4. The van der Waals surface area contributed by atoms with Crippen LogP contribution in [0.3, 0.4) is 0 Å². The first kappa shape index (κ1) is 23.2. The first-order chi connectivity index (χ1) is 15.8. The van der Waals surface area contributed by atoms with E-state index in [9.17, 15) is 13.2 Å². The molecule has 4 rings (SSSR count). The van der Waals surface area contributed by atoms with Gasteiger partial charge in [-0.05, 0) is 42.0 Å². The fourth-order valence-electron chi connectivity index (χ4n) is 3.68. The van der Waals surface area contributed by atoms with Crippen LogP contribution >= 0.6 is 11.6 Å². The number of carbonyl (C=O) groups is 1. The van der Waals surface area contributed by atoms with Crippen LogP contribution in [-0.2, 0) is 26.2 Å². The Morgan fingerprint density at radius 2 is 1.94 bits per heavy atom. The van der Waals surface area contributed by atoms with Crippen LogP contribution in [0, 0.1) is 0 Å². The third-order valence-corrected chi connectivity index (χ3v) is 7.15. The maximum absolute atomic E-state index is 12.9. The molecule has 174 valence electrons. The number of fused-ring (bicyclic) bond motifs is 1. The molecule has 1 amide bonds. The lowest BCUT2D eigenvalue weighted by molar-refractivity contribution is -0.147. The van der Waals surface area contributed by atoms with E-state index in [0.29, 0.717) is 28.5 Å². The van der Waals surface area contributed by atoms with Crippen molar-refractivity contribution >= 4 is 50.1 Å². The third kappa shape index (κ3) is 5.17. The molecule has 0 radical (unpaired) electrons. The van der Waals surface area contributed by atoms with Crippen LogP contribution in [0.2, 0.25) is 5.02 Å². The summed E-state index contributed by atoms with van der Waals surface area (Å²) in [6, 6.07) is 11.9. The number of methoxy groups -OCH3 is 1. The van der Waals surface area contributed by atoms with Gasteiger partial charge in [0.25, 0.3) is 0 Å². The van der Waals surface area contributed by atoms with Crippen molar-refractivity contribution in [3.8, 4) is 0 Å². The summed E-state index contributed by atoms with van der Waals surface area (Å²) in [4.78, 5) is 22.6. The lowest BCUT2D eigenvalue weighted by Gasteiger charge is -2.37. The first-order valence-corrected chi connectivity index (χ1v) is 11.9. The fraction of sp³-hybridized carbons (Fsp3) is 0.286. The van der Waals surface area contributed by atoms with Gasteiger partial charge in [-0.15, -0.1) is 0 Å². The molecule has 1 aromatic heterocycles. The van der Waals surface area contributed by atoms with Crippen LogP contribution in [0.15, 0.2) is 48.8 Å². The van der Waals surface area contributed by atoms with Crippen LogP contribution in [0.5, 0.6) is 0 Å². The monoisotopic (exact) mass is 490 g/mol. The number of amides is 1. The molecule has 3 aromatic rings. The maximum Gasteiger partial charge on any atom is 0.302 e. The Hall–Kier alpha value is -2.99. The van der Waals surface area contributed by atoms with Crippen molar-refractivity contribution < 1.29 is 17.9 Å². The zero-order valence-electron chi connectivity index (χ0n) is 17.8. The number of nitrogens with two attached hydrogens (primary N) is 1. The van der Waals surface area contributed by atoms with Gasteiger partial charge in [0.1, 0.15) is 18.4 Å². The van der Waals surface area contributed by atoms with Crippen molar-refractivity contribution in [2.24, 2.45) is 0 Å². The van der Waals surface area contributed by atoms with Crippen LogP contribution < -0.4 is 10.5 Å². The van der Waals surface area contributed by atoms with E-state index in [2.05, 4.69) is 14.7 Å². The number of piperazine rings is 1. The van der Waals surface area contributed by atoms with E-state index in [0.717, 1.165) is 15.3 Å². The molecule has 2 heterocycles. The number of hydrogen-bond donors (Lipinski definition) is 2. The van der Waals surface area contributed by atoms with E-state index in [4.69, 9.17) is 22.1 Å². The number of carbonyl (C=O) groups excluding carboxylic acids is 1. The average molecular weight is 491 g/mol. The molecule has 12 heteroatoms. The molecule has 1 atom stereocenters. The molecule has 0 saturated carbocycles. The normalized spacial score (nSPS) is 16.2. The number of hydrogen-bond acceptors (Lipinski definition) is 7. The third-order valence-electron chi connectivity index (χ3n) is 5.41. The molecule has 1 saturated heterocycles. The van der Waals surface area contributed by atoms with E-state index in [1.165, 1.54) is 13.4 Å². The van der Waals surface area contributed by atoms with Crippen molar-refractivity contribution in [1.82, 2.24) is 19.2 Å². The molecule has 0 bridgehead atoms. The average Bonchev–Trinajstić information content (AvgIpc) is 2.79. The number of nitrogen functional groups attached to an aromatic ring is 1. The predicted octanol–water partition coefficient (Wildman–Crippen LogP) is 1.88. The molecule has 2 aromatic carbocycles. The van der Waals surface area contributed by atoms with Crippen molar-refractivity contribution in [3.05, 3.63) is 59.4 Å². The highest BCUT2D eigenvalue weighted by molar-refractivity contribution is 7.90. The summed E-state index contributed by atoms with van der Waals surface area (Å²) >= 11 is 5.84. The first-order valence-electron chi connectivity index (χ1n) is 10.1. The van der Waals surface area contributed by atoms with Crippen LogP contribution in [0.25, 0.3) is 10.9 Å². The maximum atomic E-state index is 12.9. The van der Waals surface area contributed by atoms with E-state index >= 15 is 0 Å². The van der Waals surface area contributed by atoms with E-state index in [-0.39, 0.29) is 25.5 Å². The number of nitrogens with zero attached hydrogens (tertiary/aromatic N) is 4. The van der Waals surface area contributed by atoms with Gasteiger partial charge in [-0.25, -0.2) is 9.97 Å². The van der Waals surface area contributed by atoms with Crippen molar-refractivity contribution in [2.45, 2.75) is 12.6 Å². The molecular formula is C21H23ClN6O4S. The minimum atomic E-state index is -3.90. The molecule has 0 spiro atoms. The van der Waals surface area contributed by atoms with Gasteiger partial charge < -0.3 is 15.4 Å². The number of halogens is 1. The molecule has 3 N–H and O–H groups in total. The van der Waals surface area contributed by atoms with Crippen molar-refractivity contribution in [1.29, 1.82) is 0 Å². The smallest absolute Gasteiger partial charge is 0.302 e. The Kier molecular flexibility index (Phi) is 6.66. The summed E-state index contributed by atoms with van der Waals surface area (Å²) in [6.45, 7) is 0.0435. The lowest BCUT2D eigenvalue weighted by Crippen LogP contribution is -2.57. The number of ether oxygens (including phenoxy) is 1. The van der Waals surface area contributed by atoms with E-state index < -0.39 is 16.4 Å². The predicted molar refractivity (Wildman–Crippen MR) is 126 cm³/mol. The van der Waals surface area contributed by atoms with Crippen molar-refractivity contribution in [2.75, 3.05) is 37.2 Å². The molecule has 1 aliphatic rings. The van der Waals surface area contributed by atoms with Gasteiger partial charge in [-0.1, -0.05) is 17.7 Å². The summed E-state index contributed by atoms with van der Waals surface area (Å²) in [5, 5.41) is 1.24. The van der Waals surface area contributed by atoms with Gasteiger partial charge in [0.2, 0.25) is 5.91 Å². The molecule has 1 unspecified atom stereocenters. The van der Waals surface area contributed by atoms with Crippen molar-refractivity contribution in [3.63, 3.8) is 0 Å². The minimum Gasteiger partial charge on any atom is -0.383 e. The van der Waals surface area contributed by atoms with E-state index in [1.807, 2.05) is 18.2 Å². The summed E-state index contributed by atoms with van der Waals surface area (Å²) in [6.07, 6.45) is 1.26. The van der Waals surface area contributed by atoms with Gasteiger partial charge >= 0.3 is 10.2 Å². The highest BCUT2D eigenvalue weighted by Gasteiger charge is 2.35. The summed E-state index contributed by atoms with van der Waals surface area (Å²) in [5.74, 6) is 0.0523. The topological polar surface area (TPSA) is 131 Å². The number of anilines is 2.